The number of thiophene rings is 3. The minimum atomic E-state index is 0.247. The molecule has 0 saturated carbocycles. The highest BCUT2D eigenvalue weighted by Gasteiger charge is 2.19. The Bertz CT molecular complexity index is 977. The molecule has 0 saturated heterocycles. The molecule has 0 spiro atoms. The highest BCUT2D eigenvalue weighted by molar-refractivity contribution is 7.09. The monoisotopic (exact) mass is 478 g/mol. The Morgan fingerprint density at radius 1 is 0.710 bits per heavy atom. The van der Waals surface area contributed by atoms with Crippen LogP contribution in [-0.4, -0.2) is 25.9 Å². The Morgan fingerprint density at radius 2 is 1.16 bits per heavy atom. The van der Waals surface area contributed by atoms with Gasteiger partial charge in [-0.1, -0.05) is 20.1 Å². The van der Waals surface area contributed by atoms with Crippen molar-refractivity contribution >= 4 is 34.0 Å². The molecule has 31 heavy (non-hydrogen) atoms. The highest BCUT2D eigenvalue weighted by atomic mass is 32.1. The van der Waals surface area contributed by atoms with Crippen LogP contribution in [0.5, 0.6) is 34.5 Å². The van der Waals surface area contributed by atoms with Gasteiger partial charge >= 0.3 is 0 Å². The summed E-state index contributed by atoms with van der Waals surface area (Å²) in [6, 6.07) is 0. The van der Waals surface area contributed by atoms with Gasteiger partial charge in [-0.05, 0) is 6.42 Å². The Morgan fingerprint density at radius 3 is 1.68 bits per heavy atom. The van der Waals surface area contributed by atoms with Crippen LogP contribution in [0.3, 0.4) is 0 Å². The van der Waals surface area contributed by atoms with Crippen molar-refractivity contribution in [2.75, 3.05) is 19.8 Å². The third kappa shape index (κ3) is 5.55. The summed E-state index contributed by atoms with van der Waals surface area (Å²) in [7, 11) is 0. The summed E-state index contributed by atoms with van der Waals surface area (Å²) in [5.41, 5.74) is 0. The fourth-order valence-electron chi connectivity index (χ4n) is 2.66. The maximum atomic E-state index is 5.61. The molecular weight excluding hydrogens is 456 g/mol. The Kier molecular flexibility index (Phi) is 7.06. The molecule has 0 bridgehead atoms. The van der Waals surface area contributed by atoms with E-state index in [1.807, 2.05) is 32.3 Å². The van der Waals surface area contributed by atoms with E-state index in [0.717, 1.165) is 40.9 Å². The van der Waals surface area contributed by atoms with Gasteiger partial charge in [0.2, 0.25) is 0 Å². The van der Waals surface area contributed by atoms with Crippen LogP contribution in [0, 0.1) is 0 Å². The highest BCUT2D eigenvalue weighted by Crippen LogP contribution is 2.37. The fraction of sp³-hybridized carbons (Fsp3) is 0.273. The SMILES string of the molecule is C=C1COc2cscc2O1.C=C1COc2cscc2O1.CCC1COc2cscc2O1. The zero-order valence-corrected chi connectivity index (χ0v) is 19.4. The average molecular weight is 479 g/mol. The van der Waals surface area contributed by atoms with Crippen molar-refractivity contribution in [1.29, 1.82) is 0 Å². The van der Waals surface area contributed by atoms with Gasteiger partial charge in [-0.2, -0.15) is 0 Å². The molecule has 6 nitrogen and oxygen atoms in total. The molecule has 0 aliphatic carbocycles. The summed E-state index contributed by atoms with van der Waals surface area (Å²) in [6.07, 6.45) is 1.26. The summed E-state index contributed by atoms with van der Waals surface area (Å²) >= 11 is 4.75. The van der Waals surface area contributed by atoms with Crippen LogP contribution >= 0.6 is 34.0 Å². The first kappa shape index (κ1) is 21.6. The molecule has 0 radical (unpaired) electrons. The van der Waals surface area contributed by atoms with Gasteiger partial charge in [-0.25, -0.2) is 0 Å². The molecule has 0 fully saturated rings. The predicted octanol–water partition coefficient (Wildman–Crippen LogP) is 6.36. The third-order valence-electron chi connectivity index (χ3n) is 4.24. The lowest BCUT2D eigenvalue weighted by Crippen LogP contribution is -2.27. The van der Waals surface area contributed by atoms with E-state index in [9.17, 15) is 0 Å². The van der Waals surface area contributed by atoms with Crippen LogP contribution in [0.25, 0.3) is 0 Å². The molecule has 6 rings (SSSR count). The van der Waals surface area contributed by atoms with Crippen LogP contribution in [0.1, 0.15) is 13.3 Å². The van der Waals surface area contributed by atoms with Crippen molar-refractivity contribution in [3.8, 4) is 34.5 Å². The van der Waals surface area contributed by atoms with E-state index in [4.69, 9.17) is 28.4 Å². The van der Waals surface area contributed by atoms with Gasteiger partial charge in [0.15, 0.2) is 34.5 Å². The number of ether oxygens (including phenoxy) is 6. The molecule has 1 unspecified atom stereocenters. The van der Waals surface area contributed by atoms with Crippen LogP contribution in [0.2, 0.25) is 0 Å². The molecule has 0 amide bonds. The van der Waals surface area contributed by atoms with E-state index in [1.54, 1.807) is 34.0 Å². The van der Waals surface area contributed by atoms with E-state index in [1.165, 1.54) is 0 Å². The van der Waals surface area contributed by atoms with Gasteiger partial charge in [-0.15, -0.1) is 34.0 Å². The Labute approximate surface area is 192 Å². The van der Waals surface area contributed by atoms with E-state index in [-0.39, 0.29) is 6.10 Å². The smallest absolute Gasteiger partial charge is 0.179 e. The van der Waals surface area contributed by atoms with Gasteiger partial charge in [0.25, 0.3) is 0 Å². The summed E-state index contributed by atoms with van der Waals surface area (Å²) in [5.74, 6) is 6.40. The molecule has 3 aliphatic heterocycles. The summed E-state index contributed by atoms with van der Waals surface area (Å²) < 4.78 is 32.1. The lowest BCUT2D eigenvalue weighted by molar-refractivity contribution is 0.0898. The van der Waals surface area contributed by atoms with Crippen molar-refractivity contribution in [3.05, 3.63) is 57.0 Å². The predicted molar refractivity (Wildman–Crippen MR) is 124 cm³/mol. The van der Waals surface area contributed by atoms with Crippen LogP contribution in [-0.2, 0) is 0 Å². The maximum Gasteiger partial charge on any atom is 0.179 e. The van der Waals surface area contributed by atoms with Crippen molar-refractivity contribution in [1.82, 2.24) is 0 Å². The van der Waals surface area contributed by atoms with Gasteiger partial charge in [0.05, 0.1) is 0 Å². The van der Waals surface area contributed by atoms with E-state index in [0.29, 0.717) is 31.3 Å². The van der Waals surface area contributed by atoms with Crippen molar-refractivity contribution in [2.45, 2.75) is 19.4 Å². The number of hydrogen-bond donors (Lipinski definition) is 0. The maximum absolute atomic E-state index is 5.61. The molecular formula is C22H22O6S3. The molecule has 9 heteroatoms. The lowest BCUT2D eigenvalue weighted by atomic mass is 10.3. The zero-order valence-electron chi connectivity index (χ0n) is 17.0. The second-order valence-corrected chi connectivity index (χ2v) is 8.85. The largest absolute Gasteiger partial charge is 0.485 e. The summed E-state index contributed by atoms with van der Waals surface area (Å²) in [5, 5.41) is 11.6. The number of hydrogen-bond acceptors (Lipinski definition) is 9. The van der Waals surface area contributed by atoms with Crippen LogP contribution < -0.4 is 28.4 Å². The minimum Gasteiger partial charge on any atom is -0.485 e. The van der Waals surface area contributed by atoms with E-state index >= 15 is 0 Å². The van der Waals surface area contributed by atoms with Crippen molar-refractivity contribution < 1.29 is 28.4 Å². The first-order valence-electron chi connectivity index (χ1n) is 9.57. The Hall–Kier alpha value is -2.62. The Balaban J connectivity index is 0.000000112. The molecule has 3 aliphatic rings. The lowest BCUT2D eigenvalue weighted by Gasteiger charge is -2.23. The minimum absolute atomic E-state index is 0.247. The van der Waals surface area contributed by atoms with Crippen LogP contribution in [0.4, 0.5) is 0 Å². The topological polar surface area (TPSA) is 55.4 Å². The molecule has 6 heterocycles. The molecule has 164 valence electrons. The summed E-state index contributed by atoms with van der Waals surface area (Å²) in [6.45, 7) is 11.0. The van der Waals surface area contributed by atoms with Crippen LogP contribution in [0.15, 0.2) is 57.0 Å². The van der Waals surface area contributed by atoms with Crippen molar-refractivity contribution in [2.24, 2.45) is 0 Å². The van der Waals surface area contributed by atoms with Gasteiger partial charge < -0.3 is 28.4 Å². The van der Waals surface area contributed by atoms with Gasteiger partial charge in [0, 0.05) is 32.3 Å². The van der Waals surface area contributed by atoms with Crippen molar-refractivity contribution in [3.63, 3.8) is 0 Å². The van der Waals surface area contributed by atoms with Gasteiger partial charge in [-0.3, -0.25) is 0 Å². The average Bonchev–Trinajstić information content (AvgIpc) is 3.53. The van der Waals surface area contributed by atoms with Gasteiger partial charge in [0.1, 0.15) is 37.4 Å². The molecule has 3 aromatic rings. The molecule has 0 aromatic carbocycles. The second kappa shape index (κ2) is 10.1. The second-order valence-electron chi connectivity index (χ2n) is 6.62. The van der Waals surface area contributed by atoms with E-state index < -0.39 is 0 Å². The number of rotatable bonds is 1. The molecule has 0 N–H and O–H groups in total. The quantitative estimate of drug-likeness (QED) is 0.405. The van der Waals surface area contributed by atoms with E-state index in [2.05, 4.69) is 20.1 Å². The first-order valence-corrected chi connectivity index (χ1v) is 12.4. The first-order chi connectivity index (χ1) is 15.1. The number of fused-ring (bicyclic) bond motifs is 3. The molecule has 1 atom stereocenters. The standard InChI is InChI=1S/C8H10O2S.2C7H6O2S/c1-2-6-3-9-7-4-11-5-8(7)10-6;2*1-5-2-8-6-3-10-4-7(6)9-5/h4-6H,2-3H2,1H3;2*3-4H,1-2H2. The third-order valence-corrected chi connectivity index (χ3v) is 6.34. The fourth-order valence-corrected chi connectivity index (χ4v) is 4.65. The molecule has 3 aromatic heterocycles. The normalized spacial score (nSPS) is 17.6. The summed E-state index contributed by atoms with van der Waals surface area (Å²) in [4.78, 5) is 0. The zero-order chi connectivity index (χ0) is 21.6.